The first-order valence-corrected chi connectivity index (χ1v) is 4.03. The zero-order valence-corrected chi connectivity index (χ0v) is 6.34. The molecule has 2 fully saturated rings. The molecule has 2 aliphatic rings. The Hall–Kier alpha value is -0.0800. The second kappa shape index (κ2) is 1.95. The summed E-state index contributed by atoms with van der Waals surface area (Å²) >= 11 is 0. The molecular formula is C8H14O2. The minimum absolute atomic E-state index is 0.158. The number of fused-ring (bicyclic) bond motifs is 1. The first-order chi connectivity index (χ1) is 4.74. The van der Waals surface area contributed by atoms with Crippen molar-refractivity contribution in [3.8, 4) is 0 Å². The standard InChI is InChI=1S/C8H14O2/c1-8-4-6(5-9)2-3-7(8)10-8/h6-7,9H,2-5H2,1H3. The van der Waals surface area contributed by atoms with E-state index in [1.54, 1.807) is 0 Å². The average molecular weight is 142 g/mol. The van der Waals surface area contributed by atoms with Gasteiger partial charge in [0.1, 0.15) is 0 Å². The Kier molecular flexibility index (Phi) is 1.29. The number of hydrogen-bond donors (Lipinski definition) is 1. The van der Waals surface area contributed by atoms with E-state index in [9.17, 15) is 0 Å². The predicted molar refractivity (Wildman–Crippen MR) is 37.7 cm³/mol. The summed E-state index contributed by atoms with van der Waals surface area (Å²) in [7, 11) is 0. The monoisotopic (exact) mass is 142 g/mol. The summed E-state index contributed by atoms with van der Waals surface area (Å²) in [4.78, 5) is 0. The molecule has 0 amide bonds. The van der Waals surface area contributed by atoms with E-state index in [2.05, 4.69) is 6.92 Å². The minimum Gasteiger partial charge on any atom is -0.396 e. The second-order valence-corrected chi connectivity index (χ2v) is 3.75. The van der Waals surface area contributed by atoms with Crippen molar-refractivity contribution < 1.29 is 9.84 Å². The molecule has 1 saturated carbocycles. The molecular weight excluding hydrogens is 128 g/mol. The van der Waals surface area contributed by atoms with Gasteiger partial charge in [-0.1, -0.05) is 0 Å². The molecule has 10 heavy (non-hydrogen) atoms. The molecule has 58 valence electrons. The molecule has 2 nitrogen and oxygen atoms in total. The number of epoxide rings is 1. The van der Waals surface area contributed by atoms with Crippen LogP contribution in [0.1, 0.15) is 26.2 Å². The zero-order chi connectivity index (χ0) is 7.19. The van der Waals surface area contributed by atoms with Crippen molar-refractivity contribution in [1.82, 2.24) is 0 Å². The fourth-order valence-corrected chi connectivity index (χ4v) is 2.05. The van der Waals surface area contributed by atoms with Gasteiger partial charge in [0, 0.05) is 6.61 Å². The lowest BCUT2D eigenvalue weighted by Gasteiger charge is -2.20. The lowest BCUT2D eigenvalue weighted by atomic mass is 9.83. The smallest absolute Gasteiger partial charge is 0.0923 e. The molecule has 0 spiro atoms. The average Bonchev–Trinajstić information content (AvgIpc) is 2.58. The molecule has 1 aliphatic carbocycles. The van der Waals surface area contributed by atoms with Gasteiger partial charge in [-0.2, -0.15) is 0 Å². The number of rotatable bonds is 1. The quantitative estimate of drug-likeness (QED) is 0.552. The van der Waals surface area contributed by atoms with Crippen molar-refractivity contribution in [2.75, 3.05) is 6.61 Å². The summed E-state index contributed by atoms with van der Waals surface area (Å²) in [5.74, 6) is 0.503. The molecule has 2 rings (SSSR count). The molecule has 1 N–H and O–H groups in total. The zero-order valence-electron chi connectivity index (χ0n) is 6.34. The Morgan fingerprint density at radius 3 is 3.00 bits per heavy atom. The highest BCUT2D eigenvalue weighted by atomic mass is 16.6. The first-order valence-electron chi connectivity index (χ1n) is 4.03. The van der Waals surface area contributed by atoms with Crippen LogP contribution in [0, 0.1) is 5.92 Å². The SMILES string of the molecule is CC12CC(CO)CCC1O2. The molecule has 0 aromatic heterocycles. The molecule has 0 radical (unpaired) electrons. The van der Waals surface area contributed by atoms with E-state index in [4.69, 9.17) is 9.84 Å². The number of ether oxygens (including phenoxy) is 1. The van der Waals surface area contributed by atoms with E-state index < -0.39 is 0 Å². The van der Waals surface area contributed by atoms with Crippen LogP contribution in [0.4, 0.5) is 0 Å². The Morgan fingerprint density at radius 1 is 1.60 bits per heavy atom. The van der Waals surface area contributed by atoms with Crippen molar-refractivity contribution >= 4 is 0 Å². The van der Waals surface area contributed by atoms with Crippen LogP contribution in [0.2, 0.25) is 0 Å². The molecule has 2 heteroatoms. The van der Waals surface area contributed by atoms with Gasteiger partial charge in [0.2, 0.25) is 0 Å². The lowest BCUT2D eigenvalue weighted by Crippen LogP contribution is -2.24. The molecule has 0 aromatic rings. The summed E-state index contributed by atoms with van der Waals surface area (Å²) in [6.07, 6.45) is 3.89. The maximum atomic E-state index is 8.89. The van der Waals surface area contributed by atoms with Gasteiger partial charge in [-0.25, -0.2) is 0 Å². The van der Waals surface area contributed by atoms with Crippen molar-refractivity contribution in [3.63, 3.8) is 0 Å². The van der Waals surface area contributed by atoms with Gasteiger partial charge in [0.05, 0.1) is 11.7 Å². The Morgan fingerprint density at radius 2 is 2.40 bits per heavy atom. The summed E-state index contributed by atoms with van der Waals surface area (Å²) < 4.78 is 5.49. The number of aliphatic hydroxyl groups excluding tert-OH is 1. The predicted octanol–water partition coefficient (Wildman–Crippen LogP) is 0.936. The van der Waals surface area contributed by atoms with Gasteiger partial charge >= 0.3 is 0 Å². The van der Waals surface area contributed by atoms with Gasteiger partial charge in [0.15, 0.2) is 0 Å². The van der Waals surface area contributed by atoms with Crippen molar-refractivity contribution in [2.45, 2.75) is 37.9 Å². The normalized spacial score (nSPS) is 52.2. The molecule has 1 heterocycles. The van der Waals surface area contributed by atoms with Crippen LogP contribution in [0.25, 0.3) is 0 Å². The summed E-state index contributed by atoms with van der Waals surface area (Å²) in [5, 5.41) is 8.89. The topological polar surface area (TPSA) is 32.8 Å². The molecule has 1 aliphatic heterocycles. The summed E-state index contributed by atoms with van der Waals surface area (Å²) in [6.45, 7) is 2.49. The van der Waals surface area contributed by atoms with Gasteiger partial charge in [0.25, 0.3) is 0 Å². The van der Waals surface area contributed by atoms with Crippen LogP contribution in [0.3, 0.4) is 0 Å². The van der Waals surface area contributed by atoms with Crippen LogP contribution in [-0.4, -0.2) is 23.4 Å². The van der Waals surface area contributed by atoms with Gasteiger partial charge in [-0.3, -0.25) is 0 Å². The van der Waals surface area contributed by atoms with E-state index in [1.807, 2.05) is 0 Å². The van der Waals surface area contributed by atoms with E-state index in [0.29, 0.717) is 18.6 Å². The molecule has 0 bridgehead atoms. The van der Waals surface area contributed by atoms with Crippen LogP contribution >= 0.6 is 0 Å². The van der Waals surface area contributed by atoms with E-state index in [0.717, 1.165) is 19.3 Å². The molecule has 1 saturated heterocycles. The Balaban J connectivity index is 1.96. The molecule has 3 unspecified atom stereocenters. The summed E-state index contributed by atoms with van der Waals surface area (Å²) in [5.41, 5.74) is 0.158. The highest BCUT2D eigenvalue weighted by Crippen LogP contribution is 2.49. The Labute approximate surface area is 61.2 Å². The van der Waals surface area contributed by atoms with E-state index in [1.165, 1.54) is 0 Å². The fourth-order valence-electron chi connectivity index (χ4n) is 2.05. The van der Waals surface area contributed by atoms with Crippen LogP contribution in [0.5, 0.6) is 0 Å². The summed E-state index contributed by atoms with van der Waals surface area (Å²) in [6, 6.07) is 0. The van der Waals surface area contributed by atoms with Crippen LogP contribution < -0.4 is 0 Å². The van der Waals surface area contributed by atoms with Crippen molar-refractivity contribution in [3.05, 3.63) is 0 Å². The maximum absolute atomic E-state index is 8.89. The van der Waals surface area contributed by atoms with Gasteiger partial charge < -0.3 is 9.84 Å². The van der Waals surface area contributed by atoms with Crippen LogP contribution in [0.15, 0.2) is 0 Å². The van der Waals surface area contributed by atoms with Crippen molar-refractivity contribution in [2.24, 2.45) is 5.92 Å². The second-order valence-electron chi connectivity index (χ2n) is 3.75. The largest absolute Gasteiger partial charge is 0.396 e. The molecule has 0 aromatic carbocycles. The number of aliphatic hydroxyl groups is 1. The fraction of sp³-hybridized carbons (Fsp3) is 1.00. The third-order valence-electron chi connectivity index (χ3n) is 2.82. The third kappa shape index (κ3) is 0.867. The molecule has 3 atom stereocenters. The minimum atomic E-state index is 0.158. The lowest BCUT2D eigenvalue weighted by molar-refractivity contribution is 0.176. The van der Waals surface area contributed by atoms with Gasteiger partial charge in [-0.05, 0) is 32.1 Å². The highest BCUT2D eigenvalue weighted by Gasteiger charge is 2.55. The maximum Gasteiger partial charge on any atom is 0.0923 e. The van der Waals surface area contributed by atoms with Crippen LogP contribution in [-0.2, 0) is 4.74 Å². The van der Waals surface area contributed by atoms with Crippen molar-refractivity contribution in [1.29, 1.82) is 0 Å². The first kappa shape index (κ1) is 6.62. The number of hydrogen-bond acceptors (Lipinski definition) is 2. The van der Waals surface area contributed by atoms with Gasteiger partial charge in [-0.15, -0.1) is 0 Å². The highest BCUT2D eigenvalue weighted by molar-refractivity contribution is 5.03. The van der Waals surface area contributed by atoms with E-state index in [-0.39, 0.29) is 5.60 Å². The third-order valence-corrected chi connectivity index (χ3v) is 2.82. The Bertz CT molecular complexity index is 146. The van der Waals surface area contributed by atoms with E-state index >= 15 is 0 Å².